The van der Waals surface area contributed by atoms with Crippen molar-refractivity contribution in [3.63, 3.8) is 0 Å². The Balaban J connectivity index is 1.84. The number of hydrogen-bond donors (Lipinski definition) is 0. The van der Waals surface area contributed by atoms with Gasteiger partial charge >= 0.3 is 0 Å². The lowest BCUT2D eigenvalue weighted by atomic mass is 10.1. The Morgan fingerprint density at radius 2 is 2.20 bits per heavy atom. The number of likely N-dealkylation sites (tertiary alicyclic amines) is 2. The predicted molar refractivity (Wildman–Crippen MR) is 73.4 cm³/mol. The van der Waals surface area contributed by atoms with Crippen LogP contribution in [-0.4, -0.2) is 55.5 Å². The minimum Gasteiger partial charge on any atom is -0.496 e. The summed E-state index contributed by atoms with van der Waals surface area (Å²) < 4.78 is 19.1. The first-order chi connectivity index (χ1) is 9.61. The molecule has 2 atom stereocenters. The third-order valence-electron chi connectivity index (χ3n) is 4.52. The van der Waals surface area contributed by atoms with Crippen LogP contribution in [0.25, 0.3) is 0 Å². The zero-order chi connectivity index (χ0) is 14.3. The number of amides is 1. The van der Waals surface area contributed by atoms with E-state index in [-0.39, 0.29) is 11.5 Å². The van der Waals surface area contributed by atoms with Gasteiger partial charge in [0.2, 0.25) is 0 Å². The first kappa shape index (κ1) is 13.4. The standard InChI is InChI=1S/C15H19FN2O2/c1-17-7-6-10-8-18(9-12(10)17)15(19)14-11(16)4-3-5-13(14)20-2/h3-5,10,12H,6-9H2,1-2H3/t10-,12+/m0/s1. The van der Waals surface area contributed by atoms with Gasteiger partial charge in [-0.15, -0.1) is 0 Å². The van der Waals surface area contributed by atoms with Crippen LogP contribution in [0, 0.1) is 11.7 Å². The van der Waals surface area contributed by atoms with Crippen molar-refractivity contribution in [2.24, 2.45) is 5.92 Å². The normalized spacial score (nSPS) is 25.9. The Hall–Kier alpha value is -1.62. The van der Waals surface area contributed by atoms with Crippen molar-refractivity contribution in [2.45, 2.75) is 12.5 Å². The van der Waals surface area contributed by atoms with Crippen LogP contribution >= 0.6 is 0 Å². The average molecular weight is 278 g/mol. The van der Waals surface area contributed by atoms with Gasteiger partial charge in [-0.2, -0.15) is 0 Å². The van der Waals surface area contributed by atoms with Crippen LogP contribution in [0.1, 0.15) is 16.8 Å². The zero-order valence-electron chi connectivity index (χ0n) is 11.8. The highest BCUT2D eigenvalue weighted by atomic mass is 19.1. The molecule has 2 heterocycles. The lowest BCUT2D eigenvalue weighted by molar-refractivity contribution is 0.0766. The molecular formula is C15H19FN2O2. The quantitative estimate of drug-likeness (QED) is 0.824. The minimum absolute atomic E-state index is 0.0534. The molecule has 1 aromatic carbocycles. The van der Waals surface area contributed by atoms with Crippen molar-refractivity contribution >= 4 is 5.91 Å². The lowest BCUT2D eigenvalue weighted by Crippen LogP contribution is -2.35. The molecule has 0 unspecified atom stereocenters. The number of likely N-dealkylation sites (N-methyl/N-ethyl adjacent to an activating group) is 1. The second kappa shape index (κ2) is 5.05. The van der Waals surface area contributed by atoms with Crippen molar-refractivity contribution < 1.29 is 13.9 Å². The Kier molecular flexibility index (Phi) is 3.38. The third-order valence-corrected chi connectivity index (χ3v) is 4.52. The molecule has 2 aliphatic heterocycles. The maximum absolute atomic E-state index is 14.0. The predicted octanol–water partition coefficient (Wildman–Crippen LogP) is 1.61. The van der Waals surface area contributed by atoms with Gasteiger partial charge in [-0.3, -0.25) is 4.79 Å². The molecule has 0 radical (unpaired) electrons. The number of rotatable bonds is 2. The molecule has 1 amide bonds. The number of fused-ring (bicyclic) bond motifs is 1. The summed E-state index contributed by atoms with van der Waals surface area (Å²) in [6.07, 6.45) is 1.11. The smallest absolute Gasteiger partial charge is 0.260 e. The van der Waals surface area contributed by atoms with E-state index in [0.717, 1.165) is 13.0 Å². The Morgan fingerprint density at radius 1 is 1.40 bits per heavy atom. The number of benzene rings is 1. The molecule has 0 aliphatic carbocycles. The topological polar surface area (TPSA) is 32.8 Å². The van der Waals surface area contributed by atoms with Crippen LogP contribution in [-0.2, 0) is 0 Å². The van der Waals surface area contributed by atoms with Crippen LogP contribution in [0.3, 0.4) is 0 Å². The molecule has 2 saturated heterocycles. The Morgan fingerprint density at radius 3 is 2.90 bits per heavy atom. The van der Waals surface area contributed by atoms with Gasteiger partial charge < -0.3 is 14.5 Å². The first-order valence-electron chi connectivity index (χ1n) is 6.94. The molecule has 1 aromatic rings. The molecule has 3 rings (SSSR count). The van der Waals surface area contributed by atoms with Crippen LogP contribution in [0.4, 0.5) is 4.39 Å². The van der Waals surface area contributed by atoms with Crippen molar-refractivity contribution in [1.29, 1.82) is 0 Å². The summed E-state index contributed by atoms with van der Waals surface area (Å²) in [7, 11) is 3.54. The van der Waals surface area contributed by atoms with Gasteiger partial charge in [-0.1, -0.05) is 6.07 Å². The SMILES string of the molecule is COc1cccc(F)c1C(=O)N1C[C@@H]2CCN(C)[C@@H]2C1. The Labute approximate surface area is 118 Å². The molecule has 2 fully saturated rings. The highest BCUT2D eigenvalue weighted by Gasteiger charge is 2.42. The molecular weight excluding hydrogens is 259 g/mol. The average Bonchev–Trinajstić information content (AvgIpc) is 3.00. The van der Waals surface area contributed by atoms with E-state index in [1.165, 1.54) is 13.2 Å². The number of ether oxygens (including phenoxy) is 1. The molecule has 2 aliphatic rings. The van der Waals surface area contributed by atoms with Gasteiger partial charge in [0, 0.05) is 19.1 Å². The van der Waals surface area contributed by atoms with Crippen molar-refractivity contribution in [3.8, 4) is 5.75 Å². The summed E-state index contributed by atoms with van der Waals surface area (Å²) in [4.78, 5) is 16.6. The first-order valence-corrected chi connectivity index (χ1v) is 6.94. The summed E-state index contributed by atoms with van der Waals surface area (Å²) in [5.41, 5.74) is 0.0534. The summed E-state index contributed by atoms with van der Waals surface area (Å²) in [5, 5.41) is 0. The van der Waals surface area contributed by atoms with E-state index in [0.29, 0.717) is 30.8 Å². The number of halogens is 1. The molecule has 108 valence electrons. The number of carbonyl (C=O) groups excluding carboxylic acids is 1. The van der Waals surface area contributed by atoms with Crippen molar-refractivity contribution in [1.82, 2.24) is 9.80 Å². The van der Waals surface area contributed by atoms with Crippen LogP contribution in [0.2, 0.25) is 0 Å². The van der Waals surface area contributed by atoms with E-state index in [1.807, 2.05) is 0 Å². The third kappa shape index (κ3) is 2.06. The van der Waals surface area contributed by atoms with E-state index >= 15 is 0 Å². The van der Waals surface area contributed by atoms with Gasteiger partial charge in [0.05, 0.1) is 7.11 Å². The van der Waals surface area contributed by atoms with Crippen molar-refractivity contribution in [2.75, 3.05) is 33.8 Å². The van der Waals surface area contributed by atoms with Gasteiger partial charge in [0.25, 0.3) is 5.91 Å². The molecule has 0 N–H and O–H groups in total. The number of nitrogens with zero attached hydrogens (tertiary/aromatic N) is 2. The van der Waals surface area contributed by atoms with Gasteiger partial charge in [-0.05, 0) is 38.1 Å². The molecule has 0 saturated carbocycles. The van der Waals surface area contributed by atoms with E-state index < -0.39 is 5.82 Å². The molecule has 4 nitrogen and oxygen atoms in total. The molecule has 0 aromatic heterocycles. The second-order valence-corrected chi connectivity index (χ2v) is 5.62. The minimum atomic E-state index is -0.514. The van der Waals surface area contributed by atoms with Gasteiger partial charge in [0.1, 0.15) is 17.1 Å². The summed E-state index contributed by atoms with van der Waals surface area (Å²) in [5.74, 6) is 0.0460. The number of hydrogen-bond acceptors (Lipinski definition) is 3. The van der Waals surface area contributed by atoms with E-state index in [1.54, 1.807) is 17.0 Å². The molecule has 20 heavy (non-hydrogen) atoms. The van der Waals surface area contributed by atoms with Crippen LogP contribution < -0.4 is 4.74 Å². The highest BCUT2D eigenvalue weighted by molar-refractivity contribution is 5.97. The maximum Gasteiger partial charge on any atom is 0.260 e. The fraction of sp³-hybridized carbons (Fsp3) is 0.533. The molecule has 0 spiro atoms. The van der Waals surface area contributed by atoms with Crippen molar-refractivity contribution in [3.05, 3.63) is 29.6 Å². The van der Waals surface area contributed by atoms with Crippen LogP contribution in [0.15, 0.2) is 18.2 Å². The monoisotopic (exact) mass is 278 g/mol. The van der Waals surface area contributed by atoms with Gasteiger partial charge in [-0.25, -0.2) is 4.39 Å². The van der Waals surface area contributed by atoms with Crippen LogP contribution in [0.5, 0.6) is 5.75 Å². The second-order valence-electron chi connectivity index (χ2n) is 5.62. The maximum atomic E-state index is 14.0. The fourth-order valence-electron chi connectivity index (χ4n) is 3.38. The number of carbonyl (C=O) groups is 1. The zero-order valence-corrected chi connectivity index (χ0v) is 11.8. The lowest BCUT2D eigenvalue weighted by Gasteiger charge is -2.21. The van der Waals surface area contributed by atoms with Gasteiger partial charge in [0.15, 0.2) is 0 Å². The highest BCUT2D eigenvalue weighted by Crippen LogP contribution is 2.32. The molecule has 0 bridgehead atoms. The Bertz CT molecular complexity index is 535. The summed E-state index contributed by atoms with van der Waals surface area (Å²) >= 11 is 0. The van der Waals surface area contributed by atoms with E-state index in [9.17, 15) is 9.18 Å². The molecule has 5 heteroatoms. The summed E-state index contributed by atoms with van der Waals surface area (Å²) in [6, 6.07) is 4.90. The van der Waals surface area contributed by atoms with E-state index in [4.69, 9.17) is 4.74 Å². The van der Waals surface area contributed by atoms with E-state index in [2.05, 4.69) is 11.9 Å². The summed E-state index contributed by atoms with van der Waals surface area (Å²) in [6.45, 7) is 2.48. The fourth-order valence-corrected chi connectivity index (χ4v) is 3.38. The largest absolute Gasteiger partial charge is 0.496 e. The number of methoxy groups -OCH3 is 1.